The van der Waals surface area contributed by atoms with E-state index < -0.39 is 0 Å². The summed E-state index contributed by atoms with van der Waals surface area (Å²) in [4.78, 5) is 13.7. The molecular formula is C15H24N2O. The van der Waals surface area contributed by atoms with Gasteiger partial charge in [-0.05, 0) is 37.5 Å². The minimum Gasteiger partial charge on any atom is -0.376 e. The van der Waals surface area contributed by atoms with E-state index in [2.05, 4.69) is 32.2 Å². The van der Waals surface area contributed by atoms with Crippen LogP contribution >= 0.6 is 0 Å². The van der Waals surface area contributed by atoms with Crippen molar-refractivity contribution in [2.45, 2.75) is 33.6 Å². The summed E-state index contributed by atoms with van der Waals surface area (Å²) in [6.45, 7) is 7.49. The molecular weight excluding hydrogens is 224 g/mol. The molecule has 1 aromatic carbocycles. The Morgan fingerprint density at radius 1 is 1.33 bits per heavy atom. The molecule has 1 rings (SSSR count). The lowest BCUT2D eigenvalue weighted by molar-refractivity contribution is -0.128. The zero-order valence-corrected chi connectivity index (χ0v) is 11.9. The standard InChI is InChI=1S/C15H24N2O/c1-5-6-10-17(4)15(18)11-16-14-9-7-8-12(2)13(14)3/h7-9,16H,5-6,10-11H2,1-4H3. The molecule has 0 bridgehead atoms. The number of nitrogens with zero attached hydrogens (tertiary/aromatic N) is 1. The number of amides is 1. The van der Waals surface area contributed by atoms with Crippen molar-refractivity contribution in [1.29, 1.82) is 0 Å². The van der Waals surface area contributed by atoms with Crippen molar-refractivity contribution in [2.24, 2.45) is 0 Å². The van der Waals surface area contributed by atoms with Gasteiger partial charge in [-0.25, -0.2) is 0 Å². The predicted molar refractivity (Wildman–Crippen MR) is 77.0 cm³/mol. The maximum Gasteiger partial charge on any atom is 0.241 e. The lowest BCUT2D eigenvalue weighted by Gasteiger charge is -2.18. The number of unbranched alkanes of at least 4 members (excludes halogenated alkanes) is 1. The number of carbonyl (C=O) groups is 1. The third kappa shape index (κ3) is 4.06. The van der Waals surface area contributed by atoms with Gasteiger partial charge in [0, 0.05) is 19.3 Å². The molecule has 0 unspecified atom stereocenters. The number of likely N-dealkylation sites (N-methyl/N-ethyl adjacent to an activating group) is 1. The molecule has 0 atom stereocenters. The van der Waals surface area contributed by atoms with Crippen LogP contribution in [0, 0.1) is 13.8 Å². The summed E-state index contributed by atoms with van der Waals surface area (Å²) >= 11 is 0. The Bertz CT molecular complexity index is 401. The van der Waals surface area contributed by atoms with Crippen LogP contribution in [0.5, 0.6) is 0 Å². The topological polar surface area (TPSA) is 32.3 Å². The van der Waals surface area contributed by atoms with Crippen molar-refractivity contribution in [1.82, 2.24) is 4.90 Å². The molecule has 0 spiro atoms. The fourth-order valence-electron chi connectivity index (χ4n) is 1.77. The van der Waals surface area contributed by atoms with E-state index in [0.717, 1.165) is 25.1 Å². The average molecular weight is 248 g/mol. The van der Waals surface area contributed by atoms with Gasteiger partial charge in [-0.15, -0.1) is 0 Å². The Labute approximate surface area is 110 Å². The molecule has 0 aliphatic rings. The first-order valence-electron chi connectivity index (χ1n) is 6.60. The van der Waals surface area contributed by atoms with Crippen molar-refractivity contribution in [2.75, 3.05) is 25.5 Å². The second-order valence-corrected chi connectivity index (χ2v) is 4.77. The van der Waals surface area contributed by atoms with Gasteiger partial charge >= 0.3 is 0 Å². The zero-order chi connectivity index (χ0) is 13.5. The quantitative estimate of drug-likeness (QED) is 0.839. The molecule has 100 valence electrons. The van der Waals surface area contributed by atoms with Gasteiger partial charge in [0.15, 0.2) is 0 Å². The van der Waals surface area contributed by atoms with Gasteiger partial charge in [0.1, 0.15) is 0 Å². The largest absolute Gasteiger partial charge is 0.376 e. The van der Waals surface area contributed by atoms with Crippen LogP contribution in [-0.2, 0) is 4.79 Å². The highest BCUT2D eigenvalue weighted by Crippen LogP contribution is 2.17. The van der Waals surface area contributed by atoms with Crippen molar-refractivity contribution in [3.63, 3.8) is 0 Å². The molecule has 3 heteroatoms. The van der Waals surface area contributed by atoms with Gasteiger partial charge in [-0.2, -0.15) is 0 Å². The fourth-order valence-corrected chi connectivity index (χ4v) is 1.77. The van der Waals surface area contributed by atoms with Crippen molar-refractivity contribution >= 4 is 11.6 Å². The number of benzene rings is 1. The highest BCUT2D eigenvalue weighted by molar-refractivity contribution is 5.80. The molecule has 1 amide bonds. The van der Waals surface area contributed by atoms with Crippen LogP contribution in [0.25, 0.3) is 0 Å². The van der Waals surface area contributed by atoms with Crippen molar-refractivity contribution < 1.29 is 4.79 Å². The molecule has 0 aliphatic carbocycles. The molecule has 0 heterocycles. The first kappa shape index (κ1) is 14.6. The van der Waals surface area contributed by atoms with Gasteiger partial charge in [0.2, 0.25) is 5.91 Å². The lowest BCUT2D eigenvalue weighted by atomic mass is 10.1. The van der Waals surface area contributed by atoms with Gasteiger partial charge < -0.3 is 10.2 Å². The minimum absolute atomic E-state index is 0.143. The van der Waals surface area contributed by atoms with Crippen LogP contribution in [0.15, 0.2) is 18.2 Å². The smallest absolute Gasteiger partial charge is 0.241 e. The zero-order valence-electron chi connectivity index (χ0n) is 11.9. The summed E-state index contributed by atoms with van der Waals surface area (Å²) < 4.78 is 0. The Morgan fingerprint density at radius 2 is 2.06 bits per heavy atom. The summed E-state index contributed by atoms with van der Waals surface area (Å²) in [5.41, 5.74) is 3.50. The Balaban J connectivity index is 2.49. The molecule has 0 aliphatic heterocycles. The summed E-state index contributed by atoms with van der Waals surface area (Å²) in [6, 6.07) is 6.10. The van der Waals surface area contributed by atoms with Crippen LogP contribution in [0.4, 0.5) is 5.69 Å². The first-order chi connectivity index (χ1) is 8.56. The second kappa shape index (κ2) is 7.04. The lowest BCUT2D eigenvalue weighted by Crippen LogP contribution is -2.33. The van der Waals surface area contributed by atoms with Crippen LogP contribution < -0.4 is 5.32 Å². The number of carbonyl (C=O) groups excluding carboxylic acids is 1. The number of hydrogen-bond donors (Lipinski definition) is 1. The van der Waals surface area contributed by atoms with E-state index in [9.17, 15) is 4.79 Å². The Kier molecular flexibility index (Phi) is 5.69. The Morgan fingerprint density at radius 3 is 2.72 bits per heavy atom. The maximum absolute atomic E-state index is 11.9. The molecule has 1 N–H and O–H groups in total. The normalized spacial score (nSPS) is 10.2. The van der Waals surface area contributed by atoms with E-state index in [4.69, 9.17) is 0 Å². The van der Waals surface area contributed by atoms with Gasteiger partial charge in [-0.3, -0.25) is 4.79 Å². The van der Waals surface area contributed by atoms with Crippen LogP contribution in [0.3, 0.4) is 0 Å². The minimum atomic E-state index is 0.143. The molecule has 18 heavy (non-hydrogen) atoms. The number of rotatable bonds is 6. The van der Waals surface area contributed by atoms with E-state index in [-0.39, 0.29) is 5.91 Å². The number of aryl methyl sites for hydroxylation is 1. The van der Waals surface area contributed by atoms with E-state index in [1.165, 1.54) is 11.1 Å². The van der Waals surface area contributed by atoms with Crippen molar-refractivity contribution in [3.05, 3.63) is 29.3 Å². The van der Waals surface area contributed by atoms with E-state index in [1.807, 2.05) is 19.2 Å². The molecule has 1 aromatic rings. The highest BCUT2D eigenvalue weighted by Gasteiger charge is 2.08. The molecule has 3 nitrogen and oxygen atoms in total. The second-order valence-electron chi connectivity index (χ2n) is 4.77. The molecule has 0 aromatic heterocycles. The summed E-state index contributed by atoms with van der Waals surface area (Å²) in [5, 5.41) is 3.22. The monoisotopic (exact) mass is 248 g/mol. The van der Waals surface area contributed by atoms with Gasteiger partial charge in [-0.1, -0.05) is 25.5 Å². The fraction of sp³-hybridized carbons (Fsp3) is 0.533. The van der Waals surface area contributed by atoms with Crippen LogP contribution in [0.1, 0.15) is 30.9 Å². The van der Waals surface area contributed by atoms with Gasteiger partial charge in [0.05, 0.1) is 6.54 Å². The first-order valence-corrected chi connectivity index (χ1v) is 6.60. The van der Waals surface area contributed by atoms with Crippen LogP contribution in [0.2, 0.25) is 0 Å². The van der Waals surface area contributed by atoms with E-state index >= 15 is 0 Å². The van der Waals surface area contributed by atoms with E-state index in [0.29, 0.717) is 6.54 Å². The Hall–Kier alpha value is -1.51. The molecule has 0 saturated heterocycles. The number of hydrogen-bond acceptors (Lipinski definition) is 2. The average Bonchev–Trinajstić information content (AvgIpc) is 2.37. The predicted octanol–water partition coefficient (Wildman–Crippen LogP) is 2.97. The number of nitrogens with one attached hydrogen (secondary N) is 1. The molecule has 0 saturated carbocycles. The molecule has 0 radical (unpaired) electrons. The summed E-state index contributed by atoms with van der Waals surface area (Å²) in [5.74, 6) is 0.143. The number of anilines is 1. The summed E-state index contributed by atoms with van der Waals surface area (Å²) in [6.07, 6.45) is 2.17. The van der Waals surface area contributed by atoms with Crippen molar-refractivity contribution in [3.8, 4) is 0 Å². The highest BCUT2D eigenvalue weighted by atomic mass is 16.2. The third-order valence-corrected chi connectivity index (χ3v) is 3.31. The van der Waals surface area contributed by atoms with Gasteiger partial charge in [0.25, 0.3) is 0 Å². The summed E-state index contributed by atoms with van der Waals surface area (Å²) in [7, 11) is 1.86. The van der Waals surface area contributed by atoms with E-state index in [1.54, 1.807) is 4.90 Å². The third-order valence-electron chi connectivity index (χ3n) is 3.31. The van der Waals surface area contributed by atoms with Crippen LogP contribution in [-0.4, -0.2) is 30.9 Å². The molecule has 0 fully saturated rings. The SMILES string of the molecule is CCCCN(C)C(=O)CNc1cccc(C)c1C. The maximum atomic E-state index is 11.9.